The molecule has 0 radical (unpaired) electrons. The van der Waals surface area contributed by atoms with E-state index in [0.717, 1.165) is 18.3 Å². The molecule has 0 aromatic heterocycles. The smallest absolute Gasteiger partial charge is 0.122 e. The van der Waals surface area contributed by atoms with Gasteiger partial charge in [0, 0.05) is 0 Å². The zero-order chi connectivity index (χ0) is 9.97. The summed E-state index contributed by atoms with van der Waals surface area (Å²) in [5.74, 6) is 2.02. The molecule has 1 aromatic carbocycles. The van der Waals surface area contributed by atoms with Crippen LogP contribution in [-0.4, -0.2) is 6.61 Å². The van der Waals surface area contributed by atoms with E-state index in [0.29, 0.717) is 0 Å². The second-order valence-corrected chi connectivity index (χ2v) is 4.28. The van der Waals surface area contributed by atoms with Gasteiger partial charge in [0.2, 0.25) is 0 Å². The Morgan fingerprint density at radius 1 is 1.29 bits per heavy atom. The van der Waals surface area contributed by atoms with Gasteiger partial charge in [0.1, 0.15) is 5.75 Å². The Morgan fingerprint density at radius 2 is 2.07 bits per heavy atom. The van der Waals surface area contributed by atoms with E-state index in [-0.39, 0.29) is 0 Å². The van der Waals surface area contributed by atoms with Crippen molar-refractivity contribution >= 4 is 0 Å². The first-order valence-corrected chi connectivity index (χ1v) is 5.46. The van der Waals surface area contributed by atoms with Crippen molar-refractivity contribution in [3.8, 4) is 5.75 Å². The van der Waals surface area contributed by atoms with Crippen LogP contribution < -0.4 is 4.74 Å². The number of rotatable bonds is 4. The van der Waals surface area contributed by atoms with Crippen LogP contribution in [0.2, 0.25) is 0 Å². The molecule has 1 nitrogen and oxygen atoms in total. The van der Waals surface area contributed by atoms with Crippen molar-refractivity contribution in [1.82, 2.24) is 0 Å². The molecule has 0 aliphatic heterocycles. The third-order valence-electron chi connectivity index (χ3n) is 3.04. The Kier molecular flexibility index (Phi) is 2.76. The molecule has 1 aromatic rings. The minimum Gasteiger partial charge on any atom is -0.493 e. The van der Waals surface area contributed by atoms with Crippen LogP contribution in [0.1, 0.15) is 30.4 Å². The lowest BCUT2D eigenvalue weighted by molar-refractivity contribution is 0.300. The fourth-order valence-electron chi connectivity index (χ4n) is 1.62. The SMILES string of the molecule is Cc1cccc(OCCC2CC2)c1C. The van der Waals surface area contributed by atoms with Gasteiger partial charge in [-0.3, -0.25) is 0 Å². The quantitative estimate of drug-likeness (QED) is 0.706. The molecule has 1 aliphatic rings. The van der Waals surface area contributed by atoms with Gasteiger partial charge >= 0.3 is 0 Å². The van der Waals surface area contributed by atoms with Gasteiger partial charge in [-0.1, -0.05) is 25.0 Å². The molecule has 0 bridgehead atoms. The van der Waals surface area contributed by atoms with Crippen LogP contribution in [0.15, 0.2) is 18.2 Å². The maximum absolute atomic E-state index is 5.77. The molecule has 2 rings (SSSR count). The van der Waals surface area contributed by atoms with Gasteiger partial charge in [-0.25, -0.2) is 0 Å². The first-order chi connectivity index (χ1) is 6.77. The molecular formula is C13H18O. The Balaban J connectivity index is 1.90. The Bertz CT molecular complexity index is 313. The van der Waals surface area contributed by atoms with Crippen LogP contribution in [0.3, 0.4) is 0 Å². The molecular weight excluding hydrogens is 172 g/mol. The molecule has 14 heavy (non-hydrogen) atoms. The summed E-state index contributed by atoms with van der Waals surface area (Å²) in [6, 6.07) is 6.26. The number of ether oxygens (including phenoxy) is 1. The lowest BCUT2D eigenvalue weighted by atomic mass is 10.1. The normalized spacial score (nSPS) is 15.6. The molecule has 0 saturated heterocycles. The van der Waals surface area contributed by atoms with Crippen molar-refractivity contribution in [3.63, 3.8) is 0 Å². The van der Waals surface area contributed by atoms with Crippen LogP contribution in [0.4, 0.5) is 0 Å². The molecule has 76 valence electrons. The molecule has 0 heterocycles. The predicted molar refractivity (Wildman–Crippen MR) is 58.8 cm³/mol. The average molecular weight is 190 g/mol. The van der Waals surface area contributed by atoms with Crippen molar-refractivity contribution in [1.29, 1.82) is 0 Å². The van der Waals surface area contributed by atoms with E-state index >= 15 is 0 Å². The van der Waals surface area contributed by atoms with Crippen molar-refractivity contribution < 1.29 is 4.74 Å². The molecule has 1 heteroatoms. The van der Waals surface area contributed by atoms with Crippen LogP contribution in [0, 0.1) is 19.8 Å². The number of hydrogen-bond acceptors (Lipinski definition) is 1. The van der Waals surface area contributed by atoms with Crippen LogP contribution in [-0.2, 0) is 0 Å². The van der Waals surface area contributed by atoms with E-state index in [9.17, 15) is 0 Å². The van der Waals surface area contributed by atoms with Gasteiger partial charge in [-0.05, 0) is 43.4 Å². The first-order valence-electron chi connectivity index (χ1n) is 5.46. The fourth-order valence-corrected chi connectivity index (χ4v) is 1.62. The molecule has 1 aliphatic carbocycles. The maximum atomic E-state index is 5.77. The minimum atomic E-state index is 0.884. The van der Waals surface area contributed by atoms with Gasteiger partial charge in [0.05, 0.1) is 6.61 Å². The van der Waals surface area contributed by atoms with Crippen molar-refractivity contribution in [2.24, 2.45) is 5.92 Å². The third-order valence-corrected chi connectivity index (χ3v) is 3.04. The molecule has 1 saturated carbocycles. The second kappa shape index (κ2) is 4.04. The summed E-state index contributed by atoms with van der Waals surface area (Å²) in [6.45, 7) is 5.14. The predicted octanol–water partition coefficient (Wildman–Crippen LogP) is 3.48. The molecule has 0 spiro atoms. The van der Waals surface area contributed by atoms with Gasteiger partial charge in [0.25, 0.3) is 0 Å². The number of benzene rings is 1. The third kappa shape index (κ3) is 2.28. The minimum absolute atomic E-state index is 0.884. The lowest BCUT2D eigenvalue weighted by Crippen LogP contribution is -2.00. The average Bonchev–Trinajstić information content (AvgIpc) is 2.96. The van der Waals surface area contributed by atoms with Crippen LogP contribution in [0.25, 0.3) is 0 Å². The van der Waals surface area contributed by atoms with E-state index in [2.05, 4.69) is 32.0 Å². The summed E-state index contributed by atoms with van der Waals surface area (Å²) in [7, 11) is 0. The molecule has 1 fully saturated rings. The van der Waals surface area contributed by atoms with Crippen molar-refractivity contribution in [2.75, 3.05) is 6.61 Å². The van der Waals surface area contributed by atoms with E-state index in [1.54, 1.807) is 0 Å². The molecule has 0 unspecified atom stereocenters. The van der Waals surface area contributed by atoms with Crippen LogP contribution >= 0.6 is 0 Å². The topological polar surface area (TPSA) is 9.23 Å². The number of hydrogen-bond donors (Lipinski definition) is 0. The summed E-state index contributed by atoms with van der Waals surface area (Å²) in [5, 5.41) is 0. The summed E-state index contributed by atoms with van der Waals surface area (Å²) in [6.07, 6.45) is 4.06. The Morgan fingerprint density at radius 3 is 2.79 bits per heavy atom. The Hall–Kier alpha value is -0.980. The highest BCUT2D eigenvalue weighted by molar-refractivity contribution is 5.38. The lowest BCUT2D eigenvalue weighted by Gasteiger charge is -2.10. The molecule has 0 atom stereocenters. The van der Waals surface area contributed by atoms with E-state index in [4.69, 9.17) is 4.74 Å². The largest absolute Gasteiger partial charge is 0.493 e. The molecule has 0 amide bonds. The summed E-state index contributed by atoms with van der Waals surface area (Å²) in [4.78, 5) is 0. The summed E-state index contributed by atoms with van der Waals surface area (Å²) >= 11 is 0. The Labute approximate surface area is 86.1 Å². The standard InChI is InChI=1S/C13H18O/c1-10-4-3-5-13(11(10)2)14-9-8-12-6-7-12/h3-5,12H,6-9H2,1-2H3. The van der Waals surface area contributed by atoms with E-state index in [1.807, 2.05) is 0 Å². The highest BCUT2D eigenvalue weighted by atomic mass is 16.5. The first kappa shape index (κ1) is 9.57. The molecule has 0 N–H and O–H groups in total. The number of aryl methyl sites for hydroxylation is 1. The van der Waals surface area contributed by atoms with Crippen molar-refractivity contribution in [2.45, 2.75) is 33.1 Å². The zero-order valence-electron chi connectivity index (χ0n) is 9.05. The summed E-state index contributed by atoms with van der Waals surface area (Å²) < 4.78 is 5.77. The highest BCUT2D eigenvalue weighted by Gasteiger charge is 2.20. The zero-order valence-corrected chi connectivity index (χ0v) is 9.05. The van der Waals surface area contributed by atoms with E-state index in [1.165, 1.54) is 30.4 Å². The summed E-state index contributed by atoms with van der Waals surface area (Å²) in [5.41, 5.74) is 2.59. The van der Waals surface area contributed by atoms with Gasteiger partial charge < -0.3 is 4.74 Å². The van der Waals surface area contributed by atoms with E-state index < -0.39 is 0 Å². The second-order valence-electron chi connectivity index (χ2n) is 4.28. The highest BCUT2D eigenvalue weighted by Crippen LogP contribution is 2.32. The fraction of sp³-hybridized carbons (Fsp3) is 0.538. The van der Waals surface area contributed by atoms with Gasteiger partial charge in [0.15, 0.2) is 0 Å². The monoisotopic (exact) mass is 190 g/mol. The van der Waals surface area contributed by atoms with Crippen molar-refractivity contribution in [3.05, 3.63) is 29.3 Å². The van der Waals surface area contributed by atoms with Crippen LogP contribution in [0.5, 0.6) is 5.75 Å². The maximum Gasteiger partial charge on any atom is 0.122 e. The van der Waals surface area contributed by atoms with Gasteiger partial charge in [-0.15, -0.1) is 0 Å². The van der Waals surface area contributed by atoms with Gasteiger partial charge in [-0.2, -0.15) is 0 Å².